The zero-order chi connectivity index (χ0) is 20.5. The van der Waals surface area contributed by atoms with Crippen LogP contribution in [0.4, 0.5) is 5.69 Å². The molecule has 28 heavy (non-hydrogen) atoms. The summed E-state index contributed by atoms with van der Waals surface area (Å²) in [5.74, 6) is -0.387. The van der Waals surface area contributed by atoms with Gasteiger partial charge in [0.05, 0.1) is 4.90 Å². The number of amides is 1. The van der Waals surface area contributed by atoms with E-state index in [1.807, 2.05) is 19.1 Å². The molecular weight excluding hydrogens is 450 g/mol. The first kappa shape index (κ1) is 20.2. The van der Waals surface area contributed by atoms with E-state index in [-0.39, 0.29) is 17.4 Å². The Hall–Kier alpha value is -2.50. The molecule has 0 radical (unpaired) electrons. The van der Waals surface area contributed by atoms with Crippen molar-refractivity contribution in [3.63, 3.8) is 0 Å². The number of hydrogen-bond acceptors (Lipinski definition) is 6. The Morgan fingerprint density at radius 3 is 2.68 bits per heavy atom. The summed E-state index contributed by atoms with van der Waals surface area (Å²) in [4.78, 5) is 18.6. The Kier molecular flexibility index (Phi) is 5.68. The first-order valence-corrected chi connectivity index (χ1v) is 10.4. The van der Waals surface area contributed by atoms with Gasteiger partial charge >= 0.3 is 0 Å². The second-order valence-corrected chi connectivity index (χ2v) is 9.19. The van der Waals surface area contributed by atoms with Crippen LogP contribution in [0.1, 0.15) is 5.56 Å². The summed E-state index contributed by atoms with van der Waals surface area (Å²) in [5.41, 5.74) is 2.41. The molecule has 2 aromatic carbocycles. The molecule has 1 aromatic heterocycles. The fourth-order valence-corrected chi connectivity index (χ4v) is 3.55. The number of anilines is 1. The van der Waals surface area contributed by atoms with Gasteiger partial charge in [-0.1, -0.05) is 20.8 Å². The molecule has 0 aliphatic heterocycles. The molecule has 1 amide bonds. The van der Waals surface area contributed by atoms with Gasteiger partial charge in [0.15, 0.2) is 6.61 Å². The number of rotatable bonds is 6. The third kappa shape index (κ3) is 4.16. The summed E-state index contributed by atoms with van der Waals surface area (Å²) in [6, 6.07) is 9.80. The lowest BCUT2D eigenvalue weighted by atomic mass is 10.2. The van der Waals surface area contributed by atoms with Gasteiger partial charge in [0, 0.05) is 24.3 Å². The number of hydrogen-bond donors (Lipinski definition) is 1. The number of aromatic nitrogens is 3. The van der Waals surface area contributed by atoms with Gasteiger partial charge < -0.3 is 10.2 Å². The molecule has 11 heteroatoms. The lowest BCUT2D eigenvalue weighted by Crippen LogP contribution is -2.26. The van der Waals surface area contributed by atoms with Crippen molar-refractivity contribution in [2.45, 2.75) is 11.8 Å². The van der Waals surface area contributed by atoms with Crippen LogP contribution in [0.3, 0.4) is 0 Å². The largest absolute Gasteiger partial charge is 0.385 e. The summed E-state index contributed by atoms with van der Waals surface area (Å²) in [7, 11) is -0.728. The highest BCUT2D eigenvalue weighted by molar-refractivity contribution is 9.10. The van der Waals surface area contributed by atoms with E-state index in [2.05, 4.69) is 31.6 Å². The molecule has 1 N–H and O–H groups in total. The van der Waals surface area contributed by atoms with E-state index in [0.717, 1.165) is 19.2 Å². The van der Waals surface area contributed by atoms with Crippen LogP contribution < -0.4 is 10.2 Å². The van der Waals surface area contributed by atoms with E-state index in [0.29, 0.717) is 16.7 Å². The van der Waals surface area contributed by atoms with Gasteiger partial charge in [-0.05, 0) is 54.1 Å². The Labute approximate surface area is 170 Å². The molecule has 0 aliphatic carbocycles. The van der Waals surface area contributed by atoms with Gasteiger partial charge in [0.1, 0.15) is 11.0 Å². The molecule has 1 heterocycles. The summed E-state index contributed by atoms with van der Waals surface area (Å²) >= 11 is 3.40. The molecule has 0 saturated carbocycles. The van der Waals surface area contributed by atoms with Crippen LogP contribution in [-0.4, -0.2) is 54.5 Å². The summed E-state index contributed by atoms with van der Waals surface area (Å²) in [6.07, 6.45) is 0. The molecule has 0 unspecified atom stereocenters. The Balaban J connectivity index is 1.75. The third-order valence-corrected chi connectivity index (χ3v) is 6.63. The quantitative estimate of drug-likeness (QED) is 0.592. The molecule has 0 spiro atoms. The maximum atomic E-state index is 12.3. The van der Waals surface area contributed by atoms with E-state index in [4.69, 9.17) is 4.84 Å². The fraction of sp³-hybridized carbons (Fsp3) is 0.235. The predicted molar refractivity (Wildman–Crippen MR) is 107 cm³/mol. The van der Waals surface area contributed by atoms with Crippen LogP contribution in [-0.2, 0) is 14.8 Å². The van der Waals surface area contributed by atoms with Crippen molar-refractivity contribution in [2.75, 3.05) is 26.0 Å². The van der Waals surface area contributed by atoms with Crippen molar-refractivity contribution >= 4 is 48.6 Å². The van der Waals surface area contributed by atoms with Crippen molar-refractivity contribution in [2.24, 2.45) is 0 Å². The zero-order valence-electron chi connectivity index (χ0n) is 15.4. The number of carbonyl (C=O) groups is 1. The average molecular weight is 468 g/mol. The van der Waals surface area contributed by atoms with Crippen molar-refractivity contribution in [1.82, 2.24) is 19.5 Å². The second-order valence-electron chi connectivity index (χ2n) is 6.19. The fourth-order valence-electron chi connectivity index (χ4n) is 2.38. The van der Waals surface area contributed by atoms with Crippen LogP contribution in [0.2, 0.25) is 0 Å². The van der Waals surface area contributed by atoms with E-state index >= 15 is 0 Å². The number of nitrogens with one attached hydrogen (secondary N) is 1. The molecule has 0 fully saturated rings. The summed E-state index contributed by atoms with van der Waals surface area (Å²) in [6.45, 7) is 1.59. The number of halogens is 1. The molecule has 3 aromatic rings. The van der Waals surface area contributed by atoms with Gasteiger partial charge in [-0.3, -0.25) is 4.79 Å². The Morgan fingerprint density at radius 2 is 2.00 bits per heavy atom. The third-order valence-electron chi connectivity index (χ3n) is 3.92. The average Bonchev–Trinajstić information content (AvgIpc) is 3.05. The van der Waals surface area contributed by atoms with Crippen molar-refractivity contribution in [1.29, 1.82) is 0 Å². The maximum absolute atomic E-state index is 12.3. The van der Waals surface area contributed by atoms with Crippen molar-refractivity contribution in [3.8, 4) is 0 Å². The molecule has 9 nitrogen and oxygen atoms in total. The topological polar surface area (TPSA) is 106 Å². The minimum Gasteiger partial charge on any atom is -0.385 e. The number of carbonyl (C=O) groups excluding carboxylic acids is 1. The van der Waals surface area contributed by atoms with Gasteiger partial charge in [-0.2, -0.15) is 0 Å². The second kappa shape index (κ2) is 7.86. The van der Waals surface area contributed by atoms with Crippen LogP contribution in [0, 0.1) is 6.92 Å². The van der Waals surface area contributed by atoms with Crippen molar-refractivity contribution < 1.29 is 18.0 Å². The van der Waals surface area contributed by atoms with Crippen molar-refractivity contribution in [3.05, 3.63) is 46.4 Å². The van der Waals surface area contributed by atoms with E-state index < -0.39 is 10.0 Å². The van der Waals surface area contributed by atoms with E-state index in [1.54, 1.807) is 6.07 Å². The highest BCUT2D eigenvalue weighted by Crippen LogP contribution is 2.20. The molecule has 148 valence electrons. The number of sulfonamides is 1. The van der Waals surface area contributed by atoms with Gasteiger partial charge in [-0.25, -0.2) is 12.7 Å². The number of fused-ring (bicyclic) bond motifs is 1. The Morgan fingerprint density at radius 1 is 1.25 bits per heavy atom. The Bertz CT molecular complexity index is 1140. The van der Waals surface area contributed by atoms with Crippen LogP contribution >= 0.6 is 15.9 Å². The first-order valence-electron chi connectivity index (χ1n) is 8.16. The van der Waals surface area contributed by atoms with Gasteiger partial charge in [0.2, 0.25) is 10.0 Å². The van der Waals surface area contributed by atoms with Crippen LogP contribution in [0.25, 0.3) is 11.0 Å². The number of nitrogens with zero attached hydrogens (tertiary/aromatic N) is 4. The molecule has 0 bridgehead atoms. The minimum absolute atomic E-state index is 0.0759. The number of benzene rings is 2. The summed E-state index contributed by atoms with van der Waals surface area (Å²) < 4.78 is 26.6. The predicted octanol–water partition coefficient (Wildman–Crippen LogP) is 1.82. The minimum atomic E-state index is -3.62. The monoisotopic (exact) mass is 467 g/mol. The van der Waals surface area contributed by atoms with Crippen LogP contribution in [0.5, 0.6) is 0 Å². The van der Waals surface area contributed by atoms with E-state index in [9.17, 15) is 13.2 Å². The van der Waals surface area contributed by atoms with Gasteiger partial charge in [-0.15, -0.1) is 5.10 Å². The van der Waals surface area contributed by atoms with Gasteiger partial charge in [0.25, 0.3) is 5.91 Å². The smallest absolute Gasteiger partial charge is 0.265 e. The lowest BCUT2D eigenvalue weighted by Gasteiger charge is -2.11. The zero-order valence-corrected chi connectivity index (χ0v) is 17.8. The molecule has 0 aliphatic rings. The normalized spacial score (nSPS) is 11.8. The van der Waals surface area contributed by atoms with E-state index in [1.165, 1.54) is 32.3 Å². The number of aryl methyl sites for hydroxylation is 1. The maximum Gasteiger partial charge on any atom is 0.265 e. The molecule has 0 atom stereocenters. The highest BCUT2D eigenvalue weighted by Gasteiger charge is 2.19. The standard InChI is InChI=1S/C17H18BrN5O4S/c1-11-8-12(4-6-14(11)18)19-17(24)10-27-23-16-9-13(28(25,26)22(2)3)5-7-15(16)20-21-23/h4-9H,10H2,1-3H3,(H,19,24). The SMILES string of the molecule is Cc1cc(NC(=O)COn2nnc3ccc(S(=O)(=O)N(C)C)cc32)ccc1Br. The van der Waals surface area contributed by atoms with Crippen LogP contribution in [0.15, 0.2) is 45.8 Å². The first-order chi connectivity index (χ1) is 13.2. The molecule has 3 rings (SSSR count). The summed E-state index contributed by atoms with van der Waals surface area (Å²) in [5, 5.41) is 10.5. The molecule has 0 saturated heterocycles. The lowest BCUT2D eigenvalue weighted by molar-refractivity contribution is -0.121. The highest BCUT2D eigenvalue weighted by atomic mass is 79.9. The molecular formula is C17H18BrN5O4S.